The van der Waals surface area contributed by atoms with Crippen molar-refractivity contribution >= 4 is 11.9 Å². The lowest BCUT2D eigenvalue weighted by atomic mass is 9.92. The maximum atomic E-state index is 11.8. The van der Waals surface area contributed by atoms with Crippen LogP contribution in [0.1, 0.15) is 38.3 Å². The van der Waals surface area contributed by atoms with Crippen LogP contribution in [-0.2, 0) is 21.6 Å². The molecule has 6 heteroatoms. The van der Waals surface area contributed by atoms with Gasteiger partial charge >= 0.3 is 0 Å². The van der Waals surface area contributed by atoms with Crippen molar-refractivity contribution in [1.29, 1.82) is 5.26 Å². The number of hydrogen-bond acceptors (Lipinski definition) is 4. The number of benzene rings is 1. The van der Waals surface area contributed by atoms with Crippen molar-refractivity contribution < 1.29 is 9.53 Å². The minimum Gasteiger partial charge on any atom is -0.374 e. The minimum absolute atomic E-state index is 0.0776. The number of rotatable bonds is 5. The number of amides is 1. The third-order valence-electron chi connectivity index (χ3n) is 6.27. The van der Waals surface area contributed by atoms with E-state index in [9.17, 15) is 10.1 Å². The van der Waals surface area contributed by atoms with Gasteiger partial charge in [-0.25, -0.2) is 4.99 Å². The summed E-state index contributed by atoms with van der Waals surface area (Å²) in [6.45, 7) is 5.52. The number of fused-ring (bicyclic) bond motifs is 1. The van der Waals surface area contributed by atoms with Crippen LogP contribution in [0.3, 0.4) is 0 Å². The van der Waals surface area contributed by atoms with Gasteiger partial charge in [0.1, 0.15) is 5.54 Å². The predicted molar refractivity (Wildman–Crippen MR) is 117 cm³/mol. The molecule has 30 heavy (non-hydrogen) atoms. The highest BCUT2D eigenvalue weighted by Crippen LogP contribution is 2.57. The Morgan fingerprint density at radius 2 is 2.20 bits per heavy atom. The van der Waals surface area contributed by atoms with Crippen LogP contribution in [0.4, 0.5) is 0 Å². The quantitative estimate of drug-likeness (QED) is 0.461. The molecule has 0 spiro atoms. The number of hydrogen-bond donors (Lipinski definition) is 1. The fourth-order valence-corrected chi connectivity index (χ4v) is 3.97. The van der Waals surface area contributed by atoms with E-state index >= 15 is 0 Å². The largest absolute Gasteiger partial charge is 0.374 e. The number of carbonyl (C=O) groups is 1. The van der Waals surface area contributed by atoms with Gasteiger partial charge in [-0.1, -0.05) is 42.5 Å². The van der Waals surface area contributed by atoms with E-state index < -0.39 is 11.1 Å². The van der Waals surface area contributed by atoms with Crippen molar-refractivity contribution in [3.8, 4) is 6.07 Å². The first-order valence-corrected chi connectivity index (χ1v) is 10.2. The van der Waals surface area contributed by atoms with Gasteiger partial charge in [-0.3, -0.25) is 9.69 Å². The highest BCUT2D eigenvalue weighted by atomic mass is 16.5. The summed E-state index contributed by atoms with van der Waals surface area (Å²) in [6.07, 6.45) is 7.53. The van der Waals surface area contributed by atoms with Crippen LogP contribution < -0.4 is 5.73 Å². The third kappa shape index (κ3) is 4.03. The molecule has 0 aromatic heterocycles. The maximum absolute atomic E-state index is 11.8. The van der Waals surface area contributed by atoms with Crippen molar-refractivity contribution in [3.05, 3.63) is 59.2 Å². The zero-order chi connectivity index (χ0) is 22.1. The monoisotopic (exact) mass is 406 g/mol. The van der Waals surface area contributed by atoms with Crippen LogP contribution in [0.25, 0.3) is 0 Å². The molecule has 2 aliphatic carbocycles. The van der Waals surface area contributed by atoms with Crippen LogP contribution >= 0.6 is 0 Å². The zero-order valence-corrected chi connectivity index (χ0v) is 18.3. The normalized spacial score (nSPS) is 25.6. The fraction of sp³-hybridized carbons (Fsp3) is 0.458. The molecule has 2 aliphatic rings. The van der Waals surface area contributed by atoms with Crippen molar-refractivity contribution in [1.82, 2.24) is 4.90 Å². The van der Waals surface area contributed by atoms with E-state index in [2.05, 4.69) is 36.4 Å². The lowest BCUT2D eigenvalue weighted by Gasteiger charge is -2.24. The van der Waals surface area contributed by atoms with Crippen LogP contribution in [0.2, 0.25) is 0 Å². The average molecular weight is 407 g/mol. The molecule has 2 unspecified atom stereocenters. The van der Waals surface area contributed by atoms with Gasteiger partial charge in [0.05, 0.1) is 17.6 Å². The molecule has 0 aliphatic heterocycles. The van der Waals surface area contributed by atoms with Crippen molar-refractivity contribution in [2.24, 2.45) is 22.6 Å². The number of aliphatic imine (C=N–C) groups is 1. The number of methoxy groups -OCH3 is 1. The Morgan fingerprint density at radius 3 is 2.83 bits per heavy atom. The number of carbonyl (C=O) groups excluding carboxylic acids is 1. The highest BCUT2D eigenvalue weighted by Gasteiger charge is 2.59. The molecule has 1 saturated carbocycles. The standard InChI is InChI=1S/C24H30N4O2/c1-16(29)28(4)22(26)27-24(20-11-7-9-18(15-25)13-21(20)24)14-17-8-6-10-19(12-17)23(2,3)30-5/h6-8,10-13,18,20H,9,14H2,1-5H3,(H2,26,27)/t18?,20?,24-/m1/s1. The number of ether oxygens (including phenoxy) is 1. The molecule has 1 amide bonds. The predicted octanol–water partition coefficient (Wildman–Crippen LogP) is 3.30. The smallest absolute Gasteiger partial charge is 0.225 e. The fourth-order valence-electron chi connectivity index (χ4n) is 3.97. The first-order valence-electron chi connectivity index (χ1n) is 10.2. The van der Waals surface area contributed by atoms with Crippen molar-refractivity contribution in [2.45, 2.75) is 44.8 Å². The first kappa shape index (κ1) is 21.8. The van der Waals surface area contributed by atoms with Gasteiger partial charge < -0.3 is 10.5 Å². The van der Waals surface area contributed by atoms with Gasteiger partial charge in [0.2, 0.25) is 5.91 Å². The van der Waals surface area contributed by atoms with E-state index in [-0.39, 0.29) is 23.7 Å². The van der Waals surface area contributed by atoms with E-state index in [0.717, 1.165) is 16.7 Å². The van der Waals surface area contributed by atoms with Crippen molar-refractivity contribution in [2.75, 3.05) is 14.2 Å². The van der Waals surface area contributed by atoms with Crippen molar-refractivity contribution in [3.63, 3.8) is 0 Å². The van der Waals surface area contributed by atoms with E-state index in [1.54, 1.807) is 14.2 Å². The van der Waals surface area contributed by atoms with Crippen LogP contribution in [-0.4, -0.2) is 36.5 Å². The van der Waals surface area contributed by atoms with Gasteiger partial charge in [0.25, 0.3) is 0 Å². The summed E-state index contributed by atoms with van der Waals surface area (Å²) in [4.78, 5) is 18.0. The van der Waals surface area contributed by atoms with Crippen LogP contribution in [0.15, 0.2) is 53.1 Å². The number of nitriles is 1. The molecule has 0 radical (unpaired) electrons. The molecular weight excluding hydrogens is 376 g/mol. The summed E-state index contributed by atoms with van der Waals surface area (Å²) in [5.74, 6) is -0.0834. The molecule has 3 atom stereocenters. The summed E-state index contributed by atoms with van der Waals surface area (Å²) >= 11 is 0. The molecule has 158 valence electrons. The van der Waals surface area contributed by atoms with E-state index in [1.807, 2.05) is 26.0 Å². The molecule has 1 aromatic carbocycles. The number of guanidine groups is 1. The molecule has 0 bridgehead atoms. The Balaban J connectivity index is 2.03. The summed E-state index contributed by atoms with van der Waals surface area (Å²) < 4.78 is 5.64. The molecule has 1 fully saturated rings. The summed E-state index contributed by atoms with van der Waals surface area (Å²) in [5, 5.41) is 9.45. The second kappa shape index (κ2) is 8.08. The third-order valence-corrected chi connectivity index (χ3v) is 6.27. The molecule has 6 nitrogen and oxygen atoms in total. The lowest BCUT2D eigenvalue weighted by Crippen LogP contribution is -2.39. The van der Waals surface area contributed by atoms with Gasteiger partial charge in [0.15, 0.2) is 5.96 Å². The van der Waals surface area contributed by atoms with Crippen LogP contribution in [0, 0.1) is 23.2 Å². The van der Waals surface area contributed by atoms with Gasteiger partial charge in [-0.05, 0) is 37.0 Å². The Morgan fingerprint density at radius 1 is 1.47 bits per heavy atom. The Bertz CT molecular complexity index is 970. The summed E-state index contributed by atoms with van der Waals surface area (Å²) in [6, 6.07) is 10.6. The molecule has 1 aromatic rings. The summed E-state index contributed by atoms with van der Waals surface area (Å²) in [7, 11) is 3.32. The van der Waals surface area contributed by atoms with Gasteiger partial charge in [-0.2, -0.15) is 5.26 Å². The van der Waals surface area contributed by atoms with Gasteiger partial charge in [0, 0.05) is 33.4 Å². The number of allylic oxidation sites excluding steroid dienone is 2. The molecule has 0 saturated heterocycles. The second-order valence-corrected chi connectivity index (χ2v) is 8.56. The Labute approximate surface area is 178 Å². The van der Waals surface area contributed by atoms with E-state index in [4.69, 9.17) is 15.5 Å². The van der Waals surface area contributed by atoms with Crippen LogP contribution in [0.5, 0.6) is 0 Å². The number of nitrogens with two attached hydrogens (primary N) is 1. The number of nitrogens with zero attached hydrogens (tertiary/aromatic N) is 3. The SMILES string of the molecule is COC(C)(C)c1cccc(C[C@]2(N=C(N)N(C)C(C)=O)C3=CC(C#N)CC=CC32)c1. The molecule has 0 heterocycles. The first-order chi connectivity index (χ1) is 14.1. The van der Waals surface area contributed by atoms with Gasteiger partial charge in [-0.15, -0.1) is 0 Å². The minimum atomic E-state index is -0.574. The second-order valence-electron chi connectivity index (χ2n) is 8.56. The Kier molecular flexibility index (Phi) is 5.87. The molecule has 2 N–H and O–H groups in total. The molecule has 3 rings (SSSR count). The topological polar surface area (TPSA) is 91.7 Å². The molecular formula is C24H30N4O2. The summed E-state index contributed by atoms with van der Waals surface area (Å²) in [5.41, 5.74) is 8.50. The van der Waals surface area contributed by atoms with E-state index in [1.165, 1.54) is 11.8 Å². The average Bonchev–Trinajstić information content (AvgIpc) is 3.36. The maximum Gasteiger partial charge on any atom is 0.225 e. The zero-order valence-electron chi connectivity index (χ0n) is 18.3. The van der Waals surface area contributed by atoms with E-state index in [0.29, 0.717) is 12.8 Å². The highest BCUT2D eigenvalue weighted by molar-refractivity contribution is 5.95. The lowest BCUT2D eigenvalue weighted by molar-refractivity contribution is -0.124. The Hall–Kier alpha value is -2.91.